The molecule has 0 aliphatic heterocycles. The van der Waals surface area contributed by atoms with Crippen LogP contribution in [0, 0.1) is 13.8 Å². The standard InChI is InChI=1S/C21H22BrClN2O5/c1-13-5-4-6-14(2)21(13)24-18(26)10-25(3)19(27)11-30-20(28)12-29-17-8-7-15(23)9-16(17)22/h4-9H,10-12H2,1-3H3,(H,24,26). The number of aryl methyl sites for hydroxylation is 2. The normalized spacial score (nSPS) is 10.3. The lowest BCUT2D eigenvalue weighted by atomic mass is 10.1. The summed E-state index contributed by atoms with van der Waals surface area (Å²) in [6, 6.07) is 10.5. The fraction of sp³-hybridized carbons (Fsp3) is 0.286. The summed E-state index contributed by atoms with van der Waals surface area (Å²) in [6.07, 6.45) is 0. The van der Waals surface area contributed by atoms with Crippen molar-refractivity contribution in [3.8, 4) is 5.75 Å². The molecule has 0 spiro atoms. The minimum absolute atomic E-state index is 0.168. The Balaban J connectivity index is 1.76. The van der Waals surface area contributed by atoms with E-state index >= 15 is 0 Å². The molecule has 0 unspecified atom stereocenters. The van der Waals surface area contributed by atoms with Crippen molar-refractivity contribution >= 4 is 51.0 Å². The second-order valence-electron chi connectivity index (χ2n) is 6.59. The Morgan fingerprint density at radius 1 is 1.10 bits per heavy atom. The van der Waals surface area contributed by atoms with Gasteiger partial charge in [-0.25, -0.2) is 4.79 Å². The molecule has 2 aromatic carbocycles. The minimum Gasteiger partial charge on any atom is -0.481 e. The Kier molecular flexibility index (Phi) is 8.68. The van der Waals surface area contributed by atoms with Gasteiger partial charge in [0.05, 0.1) is 11.0 Å². The first kappa shape index (κ1) is 23.7. The van der Waals surface area contributed by atoms with Gasteiger partial charge in [0.15, 0.2) is 13.2 Å². The highest BCUT2D eigenvalue weighted by atomic mass is 79.9. The number of amides is 2. The van der Waals surface area contributed by atoms with Crippen LogP contribution in [0.3, 0.4) is 0 Å². The number of halogens is 2. The van der Waals surface area contributed by atoms with E-state index in [0.717, 1.165) is 16.8 Å². The average molecular weight is 498 g/mol. The van der Waals surface area contributed by atoms with E-state index in [0.29, 0.717) is 15.2 Å². The van der Waals surface area contributed by atoms with Crippen LogP contribution >= 0.6 is 27.5 Å². The minimum atomic E-state index is -0.710. The van der Waals surface area contributed by atoms with Gasteiger partial charge in [-0.1, -0.05) is 29.8 Å². The van der Waals surface area contributed by atoms with Crippen LogP contribution in [-0.2, 0) is 19.1 Å². The molecule has 2 rings (SSSR count). The zero-order valence-electron chi connectivity index (χ0n) is 16.8. The number of para-hydroxylation sites is 1. The molecule has 0 saturated heterocycles. The highest BCUT2D eigenvalue weighted by Crippen LogP contribution is 2.27. The monoisotopic (exact) mass is 496 g/mol. The first-order chi connectivity index (χ1) is 14.2. The number of hydrogen-bond acceptors (Lipinski definition) is 5. The average Bonchev–Trinajstić information content (AvgIpc) is 2.68. The quantitative estimate of drug-likeness (QED) is 0.562. The van der Waals surface area contributed by atoms with Crippen LogP contribution in [0.5, 0.6) is 5.75 Å². The van der Waals surface area contributed by atoms with Crippen LogP contribution in [0.4, 0.5) is 5.69 Å². The second kappa shape index (κ2) is 11.0. The highest BCUT2D eigenvalue weighted by Gasteiger charge is 2.17. The molecule has 7 nitrogen and oxygen atoms in total. The molecular weight excluding hydrogens is 476 g/mol. The fourth-order valence-electron chi connectivity index (χ4n) is 2.52. The summed E-state index contributed by atoms with van der Waals surface area (Å²) < 4.78 is 10.8. The van der Waals surface area contributed by atoms with Crippen LogP contribution in [-0.4, -0.2) is 49.5 Å². The maximum absolute atomic E-state index is 12.2. The molecule has 9 heteroatoms. The van der Waals surface area contributed by atoms with Crippen LogP contribution in [0.1, 0.15) is 11.1 Å². The number of anilines is 1. The zero-order valence-corrected chi connectivity index (χ0v) is 19.2. The Labute approximate surface area is 188 Å². The third-order valence-corrected chi connectivity index (χ3v) is 5.00. The van der Waals surface area contributed by atoms with Crippen LogP contribution in [0.25, 0.3) is 0 Å². The van der Waals surface area contributed by atoms with Crippen LogP contribution in [0.15, 0.2) is 40.9 Å². The largest absolute Gasteiger partial charge is 0.481 e. The molecule has 0 aliphatic carbocycles. The van der Waals surface area contributed by atoms with Crippen LogP contribution in [0.2, 0.25) is 5.02 Å². The Hall–Kier alpha value is -2.58. The SMILES string of the molecule is Cc1cccc(C)c1NC(=O)CN(C)C(=O)COC(=O)COc1ccc(Cl)cc1Br. The number of nitrogens with zero attached hydrogens (tertiary/aromatic N) is 1. The first-order valence-electron chi connectivity index (χ1n) is 9.01. The summed E-state index contributed by atoms with van der Waals surface area (Å²) in [7, 11) is 1.46. The van der Waals surface area contributed by atoms with Crippen molar-refractivity contribution in [2.75, 3.05) is 32.1 Å². The van der Waals surface area contributed by atoms with E-state index in [4.69, 9.17) is 21.1 Å². The predicted molar refractivity (Wildman–Crippen MR) is 118 cm³/mol. The summed E-state index contributed by atoms with van der Waals surface area (Å²) in [5.41, 5.74) is 2.58. The first-order valence-corrected chi connectivity index (χ1v) is 10.2. The lowest BCUT2D eigenvalue weighted by molar-refractivity contribution is -0.153. The van der Waals surface area contributed by atoms with Crippen LogP contribution < -0.4 is 10.1 Å². The van der Waals surface area contributed by atoms with E-state index < -0.39 is 18.5 Å². The maximum atomic E-state index is 12.2. The number of benzene rings is 2. The molecule has 1 N–H and O–H groups in total. The topological polar surface area (TPSA) is 84.9 Å². The third kappa shape index (κ3) is 7.03. The summed E-state index contributed by atoms with van der Waals surface area (Å²) in [4.78, 5) is 37.4. The number of esters is 1. The second-order valence-corrected chi connectivity index (χ2v) is 7.88. The van der Waals surface area contributed by atoms with E-state index in [1.807, 2.05) is 32.0 Å². The van der Waals surface area contributed by atoms with Gasteiger partial charge >= 0.3 is 5.97 Å². The number of likely N-dealkylation sites (N-methyl/N-ethyl adjacent to an activating group) is 1. The fourth-order valence-corrected chi connectivity index (χ4v) is 3.31. The van der Waals surface area contributed by atoms with Crippen molar-refractivity contribution in [1.29, 1.82) is 0 Å². The molecule has 2 amide bonds. The van der Waals surface area contributed by atoms with Gasteiger partial charge in [0.2, 0.25) is 5.91 Å². The van der Waals surface area contributed by atoms with Gasteiger partial charge in [-0.3, -0.25) is 9.59 Å². The Morgan fingerprint density at radius 2 is 1.77 bits per heavy atom. The molecule has 0 saturated carbocycles. The van der Waals surface area contributed by atoms with Gasteiger partial charge in [-0.15, -0.1) is 0 Å². The number of rotatable bonds is 8. The molecule has 0 radical (unpaired) electrons. The van der Waals surface area contributed by atoms with Crippen molar-refractivity contribution in [3.63, 3.8) is 0 Å². The number of carbonyl (C=O) groups excluding carboxylic acids is 3. The van der Waals surface area contributed by atoms with Crippen molar-refractivity contribution in [2.24, 2.45) is 0 Å². The number of carbonyl (C=O) groups is 3. The van der Waals surface area contributed by atoms with Crippen molar-refractivity contribution < 1.29 is 23.9 Å². The maximum Gasteiger partial charge on any atom is 0.344 e. The third-order valence-electron chi connectivity index (χ3n) is 4.15. The molecule has 0 heterocycles. The molecule has 0 bridgehead atoms. The molecular formula is C21H22BrClN2O5. The van der Waals surface area contributed by atoms with E-state index in [1.165, 1.54) is 11.9 Å². The van der Waals surface area contributed by atoms with Crippen molar-refractivity contribution in [3.05, 3.63) is 57.0 Å². The molecule has 160 valence electrons. The zero-order chi connectivity index (χ0) is 22.3. The van der Waals surface area contributed by atoms with E-state index in [2.05, 4.69) is 21.2 Å². The van der Waals surface area contributed by atoms with Gasteiger partial charge in [0, 0.05) is 17.8 Å². The molecule has 30 heavy (non-hydrogen) atoms. The van der Waals surface area contributed by atoms with Gasteiger partial charge in [-0.05, 0) is 59.1 Å². The molecule has 0 aliphatic rings. The number of nitrogens with one attached hydrogen (secondary N) is 1. The van der Waals surface area contributed by atoms with E-state index in [9.17, 15) is 14.4 Å². The molecule has 2 aromatic rings. The summed E-state index contributed by atoms with van der Waals surface area (Å²) in [5.74, 6) is -1.14. The van der Waals surface area contributed by atoms with Crippen molar-refractivity contribution in [1.82, 2.24) is 4.90 Å². The Bertz CT molecular complexity index is 931. The highest BCUT2D eigenvalue weighted by molar-refractivity contribution is 9.10. The van der Waals surface area contributed by atoms with Gasteiger partial charge in [0.1, 0.15) is 5.75 Å². The van der Waals surface area contributed by atoms with Gasteiger partial charge < -0.3 is 19.7 Å². The van der Waals surface area contributed by atoms with Gasteiger partial charge in [0.25, 0.3) is 5.91 Å². The van der Waals surface area contributed by atoms with Crippen molar-refractivity contribution in [2.45, 2.75) is 13.8 Å². The lowest BCUT2D eigenvalue weighted by Gasteiger charge is -2.18. The summed E-state index contributed by atoms with van der Waals surface area (Å²) in [6.45, 7) is 2.75. The molecule has 0 fully saturated rings. The Morgan fingerprint density at radius 3 is 2.40 bits per heavy atom. The smallest absolute Gasteiger partial charge is 0.344 e. The molecule has 0 aromatic heterocycles. The number of ether oxygens (including phenoxy) is 2. The van der Waals surface area contributed by atoms with E-state index in [-0.39, 0.29) is 19.1 Å². The van der Waals surface area contributed by atoms with Gasteiger partial charge in [-0.2, -0.15) is 0 Å². The molecule has 0 atom stereocenters. The lowest BCUT2D eigenvalue weighted by Crippen LogP contribution is -2.38. The predicted octanol–water partition coefficient (Wildman–Crippen LogP) is 3.74. The summed E-state index contributed by atoms with van der Waals surface area (Å²) in [5, 5.41) is 3.32. The van der Waals surface area contributed by atoms with E-state index in [1.54, 1.807) is 18.2 Å². The number of hydrogen-bond donors (Lipinski definition) is 1. The summed E-state index contributed by atoms with van der Waals surface area (Å²) >= 11 is 9.12.